The van der Waals surface area contributed by atoms with Crippen LogP contribution in [-0.2, 0) is 4.79 Å². The second kappa shape index (κ2) is 6.11. The first-order valence-corrected chi connectivity index (χ1v) is 6.59. The molecule has 110 valence electrons. The lowest BCUT2D eigenvalue weighted by Crippen LogP contribution is -2.24. The number of nitrogens with zero attached hydrogens (tertiary/aromatic N) is 3. The van der Waals surface area contributed by atoms with Gasteiger partial charge in [-0.3, -0.25) is 19.6 Å². The summed E-state index contributed by atoms with van der Waals surface area (Å²) in [4.78, 5) is 22.1. The Labute approximate surface area is 129 Å². The maximum Gasteiger partial charge on any atom is 0.307 e. The summed E-state index contributed by atoms with van der Waals surface area (Å²) >= 11 is 11.8. The lowest BCUT2D eigenvalue weighted by atomic mass is 10.2. The van der Waals surface area contributed by atoms with Gasteiger partial charge >= 0.3 is 5.69 Å². The third kappa shape index (κ3) is 3.32. The molecule has 2 aromatic rings. The first kappa shape index (κ1) is 15.3. The van der Waals surface area contributed by atoms with Crippen LogP contribution in [0.1, 0.15) is 13.0 Å². The first-order valence-electron chi connectivity index (χ1n) is 5.83. The highest BCUT2D eigenvalue weighted by molar-refractivity contribution is 6.44. The van der Waals surface area contributed by atoms with Crippen LogP contribution < -0.4 is 5.32 Å². The van der Waals surface area contributed by atoms with Crippen LogP contribution in [0.25, 0.3) is 0 Å². The number of anilines is 1. The average molecular weight is 329 g/mol. The predicted octanol–water partition coefficient (Wildman–Crippen LogP) is 3.30. The SMILES string of the molecule is CC(C(=O)Nc1cccc(Cl)c1Cl)n1cc([N+](=O)[O-])cn1. The highest BCUT2D eigenvalue weighted by Gasteiger charge is 2.20. The number of rotatable bonds is 4. The molecule has 21 heavy (non-hydrogen) atoms. The fraction of sp³-hybridized carbons (Fsp3) is 0.167. The van der Waals surface area contributed by atoms with Gasteiger partial charge in [-0.2, -0.15) is 5.10 Å². The van der Waals surface area contributed by atoms with Gasteiger partial charge in [-0.15, -0.1) is 0 Å². The minimum Gasteiger partial charge on any atom is -0.323 e. The van der Waals surface area contributed by atoms with Crippen molar-refractivity contribution < 1.29 is 9.72 Å². The summed E-state index contributed by atoms with van der Waals surface area (Å²) in [6.07, 6.45) is 2.26. The van der Waals surface area contributed by atoms with Crippen molar-refractivity contribution in [2.45, 2.75) is 13.0 Å². The molecule has 1 amide bonds. The minimum atomic E-state index is -0.742. The van der Waals surface area contributed by atoms with Gasteiger partial charge in [-0.1, -0.05) is 29.3 Å². The van der Waals surface area contributed by atoms with E-state index in [1.807, 2.05) is 0 Å². The van der Waals surface area contributed by atoms with Gasteiger partial charge in [0, 0.05) is 0 Å². The van der Waals surface area contributed by atoms with Gasteiger partial charge in [0.05, 0.1) is 20.7 Å². The second-order valence-electron chi connectivity index (χ2n) is 4.20. The maximum absolute atomic E-state index is 12.1. The Balaban J connectivity index is 2.15. The molecule has 7 nitrogen and oxygen atoms in total. The van der Waals surface area contributed by atoms with Crippen LogP contribution >= 0.6 is 23.2 Å². The zero-order valence-electron chi connectivity index (χ0n) is 10.8. The van der Waals surface area contributed by atoms with Crippen LogP contribution in [0.2, 0.25) is 10.0 Å². The Hall–Kier alpha value is -2.12. The number of carbonyl (C=O) groups excluding carboxylic acids is 1. The smallest absolute Gasteiger partial charge is 0.307 e. The number of nitrogens with one attached hydrogen (secondary N) is 1. The van der Waals surface area contributed by atoms with E-state index in [1.165, 1.54) is 10.9 Å². The van der Waals surface area contributed by atoms with Crippen molar-refractivity contribution in [3.63, 3.8) is 0 Å². The highest BCUT2D eigenvalue weighted by Crippen LogP contribution is 2.30. The van der Waals surface area contributed by atoms with Crippen LogP contribution in [0.15, 0.2) is 30.6 Å². The van der Waals surface area contributed by atoms with Crippen molar-refractivity contribution in [1.82, 2.24) is 9.78 Å². The molecule has 0 saturated carbocycles. The number of carbonyl (C=O) groups is 1. The van der Waals surface area contributed by atoms with E-state index in [0.29, 0.717) is 10.7 Å². The molecule has 0 aliphatic rings. The lowest BCUT2D eigenvalue weighted by Gasteiger charge is -2.13. The molecule has 0 saturated heterocycles. The quantitative estimate of drug-likeness (QED) is 0.688. The van der Waals surface area contributed by atoms with E-state index < -0.39 is 16.9 Å². The van der Waals surface area contributed by atoms with Crippen molar-refractivity contribution in [1.29, 1.82) is 0 Å². The largest absolute Gasteiger partial charge is 0.323 e. The Morgan fingerprint density at radius 3 is 2.81 bits per heavy atom. The number of aromatic nitrogens is 2. The van der Waals surface area contributed by atoms with Crippen LogP contribution in [0.4, 0.5) is 11.4 Å². The topological polar surface area (TPSA) is 90.1 Å². The van der Waals surface area contributed by atoms with Crippen LogP contribution in [0.5, 0.6) is 0 Å². The van der Waals surface area contributed by atoms with Gasteiger partial charge in [0.25, 0.3) is 0 Å². The third-order valence-electron chi connectivity index (χ3n) is 2.78. The molecule has 0 spiro atoms. The van der Waals surface area contributed by atoms with Gasteiger partial charge in [0.15, 0.2) is 0 Å². The monoisotopic (exact) mass is 328 g/mol. The van der Waals surface area contributed by atoms with E-state index in [-0.39, 0.29) is 10.7 Å². The van der Waals surface area contributed by atoms with Gasteiger partial charge in [-0.25, -0.2) is 0 Å². The maximum atomic E-state index is 12.1. The molecule has 1 N–H and O–H groups in total. The molecule has 9 heteroatoms. The van der Waals surface area contributed by atoms with E-state index in [2.05, 4.69) is 10.4 Å². The summed E-state index contributed by atoms with van der Waals surface area (Å²) < 4.78 is 1.20. The van der Waals surface area contributed by atoms with E-state index in [4.69, 9.17) is 23.2 Å². The van der Waals surface area contributed by atoms with Crippen LogP contribution in [0, 0.1) is 10.1 Å². The Bertz CT molecular complexity index is 702. The van der Waals surface area contributed by atoms with E-state index in [9.17, 15) is 14.9 Å². The van der Waals surface area contributed by atoms with E-state index in [0.717, 1.165) is 6.20 Å². The molecule has 0 radical (unpaired) electrons. The van der Waals surface area contributed by atoms with Crippen LogP contribution in [0.3, 0.4) is 0 Å². The Morgan fingerprint density at radius 2 is 2.19 bits per heavy atom. The summed E-state index contributed by atoms with van der Waals surface area (Å²) in [5, 5.41) is 17.5. The molecule has 1 atom stereocenters. The third-order valence-corrected chi connectivity index (χ3v) is 3.60. The summed E-state index contributed by atoms with van der Waals surface area (Å²) in [6.45, 7) is 1.56. The molecular weight excluding hydrogens is 319 g/mol. The van der Waals surface area contributed by atoms with E-state index in [1.54, 1.807) is 25.1 Å². The molecule has 1 unspecified atom stereocenters. The van der Waals surface area contributed by atoms with Gasteiger partial charge < -0.3 is 5.32 Å². The van der Waals surface area contributed by atoms with Gasteiger partial charge in [0.2, 0.25) is 5.91 Å². The fourth-order valence-corrected chi connectivity index (χ4v) is 1.94. The van der Waals surface area contributed by atoms with E-state index >= 15 is 0 Å². The molecule has 1 heterocycles. The van der Waals surface area contributed by atoms with Gasteiger partial charge in [0.1, 0.15) is 18.4 Å². The van der Waals surface area contributed by atoms with Crippen molar-refractivity contribution in [3.8, 4) is 0 Å². The summed E-state index contributed by atoms with van der Waals surface area (Å²) in [5.41, 5.74) is 0.179. The molecule has 0 aliphatic carbocycles. The van der Waals surface area contributed by atoms with Crippen LogP contribution in [-0.4, -0.2) is 20.6 Å². The summed E-state index contributed by atoms with van der Waals surface area (Å²) in [7, 11) is 0. The fourth-order valence-electron chi connectivity index (χ4n) is 1.59. The number of hydrogen-bond acceptors (Lipinski definition) is 4. The van der Waals surface area contributed by atoms with Gasteiger partial charge in [-0.05, 0) is 19.1 Å². The normalized spacial score (nSPS) is 12.0. The summed E-state index contributed by atoms with van der Waals surface area (Å²) in [6, 6.07) is 4.10. The number of benzene rings is 1. The molecule has 2 rings (SSSR count). The molecule has 1 aromatic heterocycles. The summed E-state index contributed by atoms with van der Waals surface area (Å²) in [5.74, 6) is -0.419. The predicted molar refractivity (Wildman–Crippen MR) is 78.7 cm³/mol. The molecule has 0 bridgehead atoms. The number of nitro groups is 1. The van der Waals surface area contributed by atoms with Crippen molar-refractivity contribution in [2.75, 3.05) is 5.32 Å². The first-order chi connectivity index (χ1) is 9.90. The van der Waals surface area contributed by atoms with Crippen molar-refractivity contribution in [3.05, 3.63) is 50.8 Å². The molecular formula is C12H10Cl2N4O3. The average Bonchev–Trinajstić information content (AvgIpc) is 2.93. The highest BCUT2D eigenvalue weighted by atomic mass is 35.5. The molecule has 1 aromatic carbocycles. The van der Waals surface area contributed by atoms with Crippen molar-refractivity contribution in [2.24, 2.45) is 0 Å². The second-order valence-corrected chi connectivity index (χ2v) is 4.99. The molecule has 0 fully saturated rings. The lowest BCUT2D eigenvalue weighted by molar-refractivity contribution is -0.385. The minimum absolute atomic E-state index is 0.185. The molecule has 0 aliphatic heterocycles. The Kier molecular flexibility index (Phi) is 4.44. The number of amides is 1. The van der Waals surface area contributed by atoms with Crippen molar-refractivity contribution >= 4 is 40.5 Å². The number of hydrogen-bond donors (Lipinski definition) is 1. The standard InChI is InChI=1S/C12H10Cl2N4O3/c1-7(17-6-8(5-15-17)18(20)21)12(19)16-10-4-2-3-9(13)11(10)14/h2-7H,1H3,(H,16,19). The number of halogens is 2. The zero-order valence-corrected chi connectivity index (χ0v) is 12.3. The zero-order chi connectivity index (χ0) is 15.6. The Morgan fingerprint density at radius 1 is 1.48 bits per heavy atom.